The topological polar surface area (TPSA) is 33.2 Å². The number of pyridine rings is 1. The summed E-state index contributed by atoms with van der Waals surface area (Å²) in [5.41, 5.74) is 1.40. The Labute approximate surface area is 156 Å². The SMILES string of the molecule is C=CC(F)(F)C(C)N(C)C(=O)c1ccc(C#Cc2cccc(Cl)c2)cn1. The van der Waals surface area contributed by atoms with Crippen molar-refractivity contribution in [3.63, 3.8) is 0 Å². The van der Waals surface area contributed by atoms with E-state index in [1.165, 1.54) is 26.2 Å². The molecule has 0 fully saturated rings. The van der Waals surface area contributed by atoms with Gasteiger partial charge in [-0.25, -0.2) is 4.98 Å². The number of hydrogen-bond donors (Lipinski definition) is 0. The number of aromatic nitrogens is 1. The molecular weight excluding hydrogens is 358 g/mol. The summed E-state index contributed by atoms with van der Waals surface area (Å²) in [5, 5.41) is 0.587. The van der Waals surface area contributed by atoms with Gasteiger partial charge >= 0.3 is 0 Å². The molecule has 1 heterocycles. The Balaban J connectivity index is 2.14. The van der Waals surface area contributed by atoms with E-state index in [9.17, 15) is 13.6 Å². The number of halogens is 3. The van der Waals surface area contributed by atoms with Crippen LogP contribution < -0.4 is 0 Å². The van der Waals surface area contributed by atoms with Crippen LogP contribution in [0.4, 0.5) is 8.78 Å². The first-order valence-electron chi connectivity index (χ1n) is 7.77. The van der Waals surface area contributed by atoms with Crippen LogP contribution in [0.5, 0.6) is 0 Å². The van der Waals surface area contributed by atoms with Gasteiger partial charge in [0.25, 0.3) is 11.8 Å². The standard InChI is InChI=1S/C20H17ClF2N2O/c1-4-20(22,23)14(2)25(3)19(26)18-11-10-16(13-24-18)9-8-15-6-5-7-17(21)12-15/h4-7,10-14H,1H2,2-3H3. The number of amides is 1. The summed E-state index contributed by atoms with van der Waals surface area (Å²) in [4.78, 5) is 17.3. The van der Waals surface area contributed by atoms with Crippen molar-refractivity contribution in [2.45, 2.75) is 18.9 Å². The van der Waals surface area contributed by atoms with E-state index < -0.39 is 17.9 Å². The zero-order chi connectivity index (χ0) is 19.3. The number of carbonyl (C=O) groups is 1. The first kappa shape index (κ1) is 19.6. The molecule has 134 valence electrons. The average molecular weight is 375 g/mol. The monoisotopic (exact) mass is 374 g/mol. The van der Waals surface area contributed by atoms with E-state index in [0.29, 0.717) is 16.7 Å². The molecule has 1 unspecified atom stereocenters. The molecule has 0 radical (unpaired) electrons. The van der Waals surface area contributed by atoms with Gasteiger partial charge in [0.05, 0.1) is 6.04 Å². The van der Waals surface area contributed by atoms with E-state index in [0.717, 1.165) is 10.5 Å². The van der Waals surface area contributed by atoms with Gasteiger partial charge in [-0.1, -0.05) is 36.1 Å². The minimum Gasteiger partial charge on any atom is -0.331 e. The molecule has 3 nitrogen and oxygen atoms in total. The number of hydrogen-bond acceptors (Lipinski definition) is 2. The molecule has 26 heavy (non-hydrogen) atoms. The van der Waals surface area contributed by atoms with Crippen molar-refractivity contribution in [1.29, 1.82) is 0 Å². The van der Waals surface area contributed by atoms with Gasteiger partial charge in [0.15, 0.2) is 0 Å². The number of benzene rings is 1. The van der Waals surface area contributed by atoms with Crippen LogP contribution in [0.3, 0.4) is 0 Å². The summed E-state index contributed by atoms with van der Waals surface area (Å²) in [6.45, 7) is 4.36. The number of carbonyl (C=O) groups excluding carboxylic acids is 1. The van der Waals surface area contributed by atoms with Gasteiger partial charge in [0.2, 0.25) is 0 Å². The highest BCUT2D eigenvalue weighted by atomic mass is 35.5. The lowest BCUT2D eigenvalue weighted by atomic mass is 10.1. The molecule has 0 aliphatic carbocycles. The molecule has 0 spiro atoms. The third-order valence-electron chi connectivity index (χ3n) is 3.89. The molecule has 0 aliphatic rings. The Bertz CT molecular complexity index is 869. The first-order chi connectivity index (χ1) is 12.2. The smallest absolute Gasteiger partial charge is 0.285 e. The second kappa shape index (κ2) is 8.11. The second-order valence-corrected chi connectivity index (χ2v) is 6.10. The van der Waals surface area contributed by atoms with E-state index in [1.54, 1.807) is 24.3 Å². The highest BCUT2D eigenvalue weighted by molar-refractivity contribution is 6.30. The Kier molecular flexibility index (Phi) is 6.12. The molecular formula is C20H17ClF2N2O. The molecule has 1 amide bonds. The lowest BCUT2D eigenvalue weighted by Crippen LogP contribution is -2.45. The fourth-order valence-electron chi connectivity index (χ4n) is 2.09. The van der Waals surface area contributed by atoms with E-state index in [1.807, 2.05) is 6.07 Å². The lowest BCUT2D eigenvalue weighted by Gasteiger charge is -2.29. The third kappa shape index (κ3) is 4.68. The highest BCUT2D eigenvalue weighted by Gasteiger charge is 2.37. The molecule has 2 rings (SSSR count). The highest BCUT2D eigenvalue weighted by Crippen LogP contribution is 2.24. The van der Waals surface area contributed by atoms with Gasteiger partial charge in [0, 0.05) is 29.4 Å². The lowest BCUT2D eigenvalue weighted by molar-refractivity contribution is -0.0196. The normalized spacial score (nSPS) is 11.9. The Morgan fingerprint density at radius 1 is 1.31 bits per heavy atom. The summed E-state index contributed by atoms with van der Waals surface area (Å²) in [7, 11) is 1.30. The molecule has 1 atom stereocenters. The van der Waals surface area contributed by atoms with Gasteiger partial charge in [-0.3, -0.25) is 4.79 Å². The van der Waals surface area contributed by atoms with Crippen molar-refractivity contribution in [3.05, 3.63) is 77.1 Å². The van der Waals surface area contributed by atoms with Crippen LogP contribution in [-0.2, 0) is 0 Å². The third-order valence-corrected chi connectivity index (χ3v) is 4.12. The van der Waals surface area contributed by atoms with Crippen molar-refractivity contribution in [2.75, 3.05) is 7.05 Å². The number of nitrogens with zero attached hydrogens (tertiary/aromatic N) is 2. The molecule has 0 N–H and O–H groups in total. The van der Waals surface area contributed by atoms with Crippen molar-refractivity contribution in [1.82, 2.24) is 9.88 Å². The van der Waals surface area contributed by atoms with E-state index in [-0.39, 0.29) is 5.69 Å². The van der Waals surface area contributed by atoms with Crippen molar-refractivity contribution >= 4 is 17.5 Å². The minimum atomic E-state index is -3.19. The van der Waals surface area contributed by atoms with E-state index in [4.69, 9.17) is 11.6 Å². The Morgan fingerprint density at radius 3 is 2.58 bits per heavy atom. The molecule has 0 bridgehead atoms. The molecule has 1 aromatic heterocycles. The molecule has 6 heteroatoms. The average Bonchev–Trinajstić information content (AvgIpc) is 2.65. The maximum Gasteiger partial charge on any atom is 0.285 e. The van der Waals surface area contributed by atoms with Crippen molar-refractivity contribution in [3.8, 4) is 11.8 Å². The zero-order valence-corrected chi connectivity index (χ0v) is 15.1. The van der Waals surface area contributed by atoms with Crippen LogP contribution in [-0.4, -0.2) is 34.8 Å². The summed E-state index contributed by atoms with van der Waals surface area (Å²) in [5.74, 6) is 2.06. The summed E-state index contributed by atoms with van der Waals surface area (Å²) < 4.78 is 27.3. The molecule has 0 saturated carbocycles. The summed E-state index contributed by atoms with van der Waals surface area (Å²) in [6, 6.07) is 8.83. The van der Waals surface area contributed by atoms with Gasteiger partial charge in [-0.05, 0) is 43.3 Å². The van der Waals surface area contributed by atoms with Gasteiger partial charge in [0.1, 0.15) is 5.69 Å². The van der Waals surface area contributed by atoms with Crippen molar-refractivity contribution < 1.29 is 13.6 Å². The Hall–Kier alpha value is -2.71. The van der Waals surface area contributed by atoms with Crippen LogP contribution >= 0.6 is 11.6 Å². The predicted octanol–water partition coefficient (Wildman–Crippen LogP) is 4.42. The fraction of sp³-hybridized carbons (Fsp3) is 0.200. The van der Waals surface area contributed by atoms with E-state index >= 15 is 0 Å². The fourth-order valence-corrected chi connectivity index (χ4v) is 2.28. The molecule has 0 aliphatic heterocycles. The van der Waals surface area contributed by atoms with Crippen LogP contribution in [0, 0.1) is 11.8 Å². The Morgan fingerprint density at radius 2 is 2.00 bits per heavy atom. The molecule has 2 aromatic rings. The maximum atomic E-state index is 13.7. The first-order valence-corrected chi connectivity index (χ1v) is 8.14. The largest absolute Gasteiger partial charge is 0.331 e. The molecule has 1 aromatic carbocycles. The molecule has 0 saturated heterocycles. The predicted molar refractivity (Wildman–Crippen MR) is 98.4 cm³/mol. The van der Waals surface area contributed by atoms with Crippen molar-refractivity contribution in [2.24, 2.45) is 0 Å². The maximum absolute atomic E-state index is 13.7. The zero-order valence-electron chi connectivity index (χ0n) is 14.3. The summed E-state index contributed by atoms with van der Waals surface area (Å²) in [6.07, 6.45) is 1.96. The van der Waals surface area contributed by atoms with Crippen LogP contribution in [0.2, 0.25) is 5.02 Å². The number of rotatable bonds is 4. The van der Waals surface area contributed by atoms with E-state index in [2.05, 4.69) is 23.4 Å². The van der Waals surface area contributed by atoms with Gasteiger partial charge in [-0.2, -0.15) is 8.78 Å². The second-order valence-electron chi connectivity index (χ2n) is 5.66. The van der Waals surface area contributed by atoms with Crippen LogP contribution in [0.25, 0.3) is 0 Å². The van der Waals surface area contributed by atoms with Crippen LogP contribution in [0.1, 0.15) is 28.5 Å². The van der Waals surface area contributed by atoms with Gasteiger partial charge < -0.3 is 4.90 Å². The quantitative estimate of drug-likeness (QED) is 0.586. The number of alkyl halides is 2. The van der Waals surface area contributed by atoms with Crippen LogP contribution in [0.15, 0.2) is 55.3 Å². The van der Waals surface area contributed by atoms with Gasteiger partial charge in [-0.15, -0.1) is 0 Å². The summed E-state index contributed by atoms with van der Waals surface area (Å²) >= 11 is 5.90. The minimum absolute atomic E-state index is 0.0625.